The number of fused-ring (bicyclic) bond motifs is 1. The third kappa shape index (κ3) is 3.56. The van der Waals surface area contributed by atoms with Gasteiger partial charge < -0.3 is 15.4 Å². The minimum atomic E-state index is -0.115. The van der Waals surface area contributed by atoms with E-state index in [2.05, 4.69) is 41.4 Å². The molecule has 0 saturated heterocycles. The Balaban J connectivity index is 1.44. The summed E-state index contributed by atoms with van der Waals surface area (Å²) in [7, 11) is 0. The molecule has 2 saturated carbocycles. The number of amides is 1. The Bertz CT molecular complexity index is 699. The first-order valence-electron chi connectivity index (χ1n) is 9.82. The Morgan fingerprint density at radius 1 is 1.23 bits per heavy atom. The fourth-order valence-electron chi connectivity index (χ4n) is 4.25. The van der Waals surface area contributed by atoms with Gasteiger partial charge in [-0.15, -0.1) is 0 Å². The maximum Gasteiger partial charge on any atom is 0.226 e. The molecule has 0 bridgehead atoms. The molecule has 3 aliphatic rings. The zero-order valence-corrected chi connectivity index (χ0v) is 16.1. The zero-order chi connectivity index (χ0) is 18.4. The van der Waals surface area contributed by atoms with E-state index < -0.39 is 0 Å². The maximum atomic E-state index is 12.6. The molecule has 2 heterocycles. The molecule has 0 aromatic carbocycles. The van der Waals surface area contributed by atoms with E-state index in [4.69, 9.17) is 4.74 Å². The summed E-state index contributed by atoms with van der Waals surface area (Å²) in [5.41, 5.74) is 2.26. The van der Waals surface area contributed by atoms with Gasteiger partial charge in [0.2, 0.25) is 5.91 Å². The fourth-order valence-corrected chi connectivity index (χ4v) is 4.25. The Labute approximate surface area is 155 Å². The van der Waals surface area contributed by atoms with E-state index in [-0.39, 0.29) is 17.4 Å². The van der Waals surface area contributed by atoms with E-state index in [0.717, 1.165) is 55.7 Å². The van der Waals surface area contributed by atoms with Crippen molar-refractivity contribution >= 4 is 11.7 Å². The molecule has 2 atom stereocenters. The predicted octanol–water partition coefficient (Wildman–Crippen LogP) is 3.03. The molecule has 0 radical (unpaired) electrons. The summed E-state index contributed by atoms with van der Waals surface area (Å²) in [5.74, 6) is 1.52. The predicted molar refractivity (Wildman–Crippen MR) is 99.4 cm³/mol. The van der Waals surface area contributed by atoms with Crippen LogP contribution in [0, 0.1) is 16.7 Å². The lowest BCUT2D eigenvalue weighted by Gasteiger charge is -2.41. The summed E-state index contributed by atoms with van der Waals surface area (Å²) < 4.78 is 5.50. The summed E-state index contributed by atoms with van der Waals surface area (Å²) in [6.45, 7) is 8.70. The van der Waals surface area contributed by atoms with Gasteiger partial charge in [-0.2, -0.15) is 0 Å². The maximum absolute atomic E-state index is 12.6. The molecule has 4 rings (SSSR count). The minimum absolute atomic E-state index is 0.115. The average molecular weight is 358 g/mol. The van der Waals surface area contributed by atoms with Crippen molar-refractivity contribution in [3.63, 3.8) is 0 Å². The number of anilines is 1. The second-order valence-electron chi connectivity index (χ2n) is 9.33. The SMILES string of the molecule is CC1(C)CCC(NC(=O)C2(C)CC2)C(CNc2ncnc3c2COC3)C1. The number of aromatic nitrogens is 2. The summed E-state index contributed by atoms with van der Waals surface area (Å²) in [4.78, 5) is 21.3. The van der Waals surface area contributed by atoms with E-state index >= 15 is 0 Å². The van der Waals surface area contributed by atoms with Crippen LogP contribution in [0.1, 0.15) is 64.1 Å². The number of carbonyl (C=O) groups excluding carboxylic acids is 1. The van der Waals surface area contributed by atoms with Crippen LogP contribution in [0.2, 0.25) is 0 Å². The minimum Gasteiger partial charge on any atom is -0.370 e. The van der Waals surface area contributed by atoms with Crippen molar-refractivity contribution in [2.45, 2.75) is 72.1 Å². The Morgan fingerprint density at radius 2 is 2.04 bits per heavy atom. The number of hydrogen-bond acceptors (Lipinski definition) is 5. The molecule has 2 unspecified atom stereocenters. The van der Waals surface area contributed by atoms with Crippen LogP contribution in [-0.2, 0) is 22.7 Å². The monoisotopic (exact) mass is 358 g/mol. The molecule has 2 fully saturated rings. The first-order chi connectivity index (χ1) is 12.4. The van der Waals surface area contributed by atoms with Gasteiger partial charge >= 0.3 is 0 Å². The zero-order valence-electron chi connectivity index (χ0n) is 16.1. The lowest BCUT2D eigenvalue weighted by atomic mass is 9.69. The topological polar surface area (TPSA) is 76.1 Å². The van der Waals surface area contributed by atoms with E-state index in [9.17, 15) is 4.79 Å². The van der Waals surface area contributed by atoms with E-state index in [0.29, 0.717) is 24.5 Å². The molecule has 1 amide bonds. The molecule has 26 heavy (non-hydrogen) atoms. The molecule has 1 aromatic heterocycles. The van der Waals surface area contributed by atoms with Gasteiger partial charge in [0.15, 0.2) is 0 Å². The summed E-state index contributed by atoms with van der Waals surface area (Å²) >= 11 is 0. The normalized spacial score (nSPS) is 28.3. The number of nitrogens with one attached hydrogen (secondary N) is 2. The molecular formula is C20H30N4O2. The first-order valence-corrected chi connectivity index (χ1v) is 9.82. The second-order valence-corrected chi connectivity index (χ2v) is 9.33. The standard InChI is InChI=1S/C20H30N4O2/c1-19(2)5-4-15(24-18(25)20(3)6-7-20)13(8-19)9-21-17-14-10-26-11-16(14)22-12-23-17/h12-13,15H,4-11H2,1-3H3,(H,24,25)(H,21,22,23). The van der Waals surface area contributed by atoms with Crippen molar-refractivity contribution < 1.29 is 9.53 Å². The van der Waals surface area contributed by atoms with E-state index in [1.807, 2.05) is 0 Å². The Morgan fingerprint density at radius 3 is 2.81 bits per heavy atom. The van der Waals surface area contributed by atoms with Crippen LogP contribution in [-0.4, -0.2) is 28.5 Å². The van der Waals surface area contributed by atoms with Crippen LogP contribution in [0.15, 0.2) is 6.33 Å². The highest BCUT2D eigenvalue weighted by Crippen LogP contribution is 2.46. The first kappa shape index (κ1) is 17.7. The van der Waals surface area contributed by atoms with Crippen molar-refractivity contribution in [3.05, 3.63) is 17.6 Å². The molecule has 1 aromatic rings. The van der Waals surface area contributed by atoms with Gasteiger partial charge in [0.05, 0.1) is 18.9 Å². The summed E-state index contributed by atoms with van der Waals surface area (Å²) in [6.07, 6.45) is 6.95. The quantitative estimate of drug-likeness (QED) is 0.846. The second kappa shape index (κ2) is 6.48. The van der Waals surface area contributed by atoms with E-state index in [1.54, 1.807) is 6.33 Å². The lowest BCUT2D eigenvalue weighted by Crippen LogP contribution is -2.49. The smallest absolute Gasteiger partial charge is 0.226 e. The average Bonchev–Trinajstić information content (AvgIpc) is 3.17. The Kier molecular flexibility index (Phi) is 4.41. The fraction of sp³-hybridized carbons (Fsp3) is 0.750. The van der Waals surface area contributed by atoms with Gasteiger partial charge in [-0.1, -0.05) is 20.8 Å². The van der Waals surface area contributed by atoms with Crippen LogP contribution in [0.4, 0.5) is 5.82 Å². The van der Waals surface area contributed by atoms with Crippen LogP contribution < -0.4 is 10.6 Å². The van der Waals surface area contributed by atoms with Gasteiger partial charge in [0.1, 0.15) is 12.1 Å². The highest BCUT2D eigenvalue weighted by molar-refractivity contribution is 5.85. The van der Waals surface area contributed by atoms with Gasteiger partial charge in [0, 0.05) is 23.6 Å². The number of hydrogen-bond donors (Lipinski definition) is 2. The van der Waals surface area contributed by atoms with Gasteiger partial charge in [-0.05, 0) is 43.4 Å². The van der Waals surface area contributed by atoms with E-state index in [1.165, 1.54) is 0 Å². The number of nitrogens with zero attached hydrogens (tertiary/aromatic N) is 2. The van der Waals surface area contributed by atoms with Crippen molar-refractivity contribution in [2.75, 3.05) is 11.9 Å². The largest absolute Gasteiger partial charge is 0.370 e. The number of ether oxygens (including phenoxy) is 1. The van der Waals surface area contributed by atoms with Gasteiger partial charge in [-0.25, -0.2) is 9.97 Å². The Hall–Kier alpha value is -1.69. The summed E-state index contributed by atoms with van der Waals surface area (Å²) in [6, 6.07) is 0.242. The number of carbonyl (C=O) groups is 1. The van der Waals surface area contributed by atoms with Crippen molar-refractivity contribution in [1.82, 2.24) is 15.3 Å². The molecule has 6 nitrogen and oxygen atoms in total. The van der Waals surface area contributed by atoms with Crippen LogP contribution in [0.3, 0.4) is 0 Å². The van der Waals surface area contributed by atoms with Crippen molar-refractivity contribution in [2.24, 2.45) is 16.7 Å². The molecule has 2 N–H and O–H groups in total. The third-order valence-corrected chi connectivity index (χ3v) is 6.43. The highest BCUT2D eigenvalue weighted by Gasteiger charge is 2.46. The molecule has 2 aliphatic carbocycles. The third-order valence-electron chi connectivity index (χ3n) is 6.43. The highest BCUT2D eigenvalue weighted by atomic mass is 16.5. The van der Waals surface area contributed by atoms with Crippen molar-refractivity contribution in [1.29, 1.82) is 0 Å². The molecule has 142 valence electrons. The van der Waals surface area contributed by atoms with Crippen molar-refractivity contribution in [3.8, 4) is 0 Å². The molecule has 6 heteroatoms. The van der Waals surface area contributed by atoms with Crippen LogP contribution in [0.25, 0.3) is 0 Å². The molecular weight excluding hydrogens is 328 g/mol. The summed E-state index contributed by atoms with van der Waals surface area (Å²) in [5, 5.41) is 6.89. The van der Waals surface area contributed by atoms with Crippen LogP contribution >= 0.6 is 0 Å². The molecule has 1 aliphatic heterocycles. The number of rotatable bonds is 5. The van der Waals surface area contributed by atoms with Crippen LogP contribution in [0.5, 0.6) is 0 Å². The van der Waals surface area contributed by atoms with Gasteiger partial charge in [0.25, 0.3) is 0 Å². The molecule has 0 spiro atoms. The lowest BCUT2D eigenvalue weighted by molar-refractivity contribution is -0.127. The van der Waals surface area contributed by atoms with Gasteiger partial charge in [-0.3, -0.25) is 4.79 Å².